The second-order valence-corrected chi connectivity index (χ2v) is 5.61. The number of carboxylic acid groups (broad SMARTS) is 1. The highest BCUT2D eigenvalue weighted by molar-refractivity contribution is 5.85. The lowest BCUT2D eigenvalue weighted by Crippen LogP contribution is -2.54. The van der Waals surface area contributed by atoms with Crippen LogP contribution in [0.3, 0.4) is 0 Å². The predicted octanol–water partition coefficient (Wildman–Crippen LogP) is 0.816. The van der Waals surface area contributed by atoms with Crippen molar-refractivity contribution >= 4 is 11.9 Å². The third-order valence-electron chi connectivity index (χ3n) is 4.34. The van der Waals surface area contributed by atoms with Gasteiger partial charge in [-0.05, 0) is 26.8 Å². The average Bonchev–Trinajstić information content (AvgIpc) is 2.41. The third kappa shape index (κ3) is 2.97. The molecule has 0 aromatic heterocycles. The number of aliphatic carboxylic acids is 1. The molecular weight excluding hydrogens is 244 g/mol. The van der Waals surface area contributed by atoms with Crippen molar-refractivity contribution in [2.24, 2.45) is 11.8 Å². The molecule has 0 aromatic carbocycles. The summed E-state index contributed by atoms with van der Waals surface area (Å²) in [4.78, 5) is 27.8. The number of carbonyl (C=O) groups excluding carboxylic acids is 1. The largest absolute Gasteiger partial charge is 0.481 e. The Bertz CT molecular complexity index is 394. The van der Waals surface area contributed by atoms with E-state index >= 15 is 0 Å². The van der Waals surface area contributed by atoms with Gasteiger partial charge in [-0.1, -0.05) is 12.2 Å². The standard InChI is InChI=1S/C14H22N2O3/c1-10-9-16(8-7-15(10)2)13(17)11-5-3-4-6-12(11)14(18)19/h3-4,10-12H,5-9H2,1-2H3,(H,18,19). The molecule has 1 aliphatic carbocycles. The molecule has 0 aromatic rings. The Kier molecular flexibility index (Phi) is 4.24. The van der Waals surface area contributed by atoms with Crippen LogP contribution in [0, 0.1) is 11.8 Å². The summed E-state index contributed by atoms with van der Waals surface area (Å²) in [6.07, 6.45) is 4.82. The molecule has 1 amide bonds. The number of nitrogens with zero attached hydrogens (tertiary/aromatic N) is 2. The van der Waals surface area contributed by atoms with Crippen LogP contribution in [-0.2, 0) is 9.59 Å². The molecular formula is C14H22N2O3. The van der Waals surface area contributed by atoms with Crippen molar-refractivity contribution in [3.63, 3.8) is 0 Å². The molecule has 1 fully saturated rings. The van der Waals surface area contributed by atoms with E-state index in [0.717, 1.165) is 6.54 Å². The first-order valence-corrected chi connectivity index (χ1v) is 6.87. The summed E-state index contributed by atoms with van der Waals surface area (Å²) in [5.41, 5.74) is 0. The van der Waals surface area contributed by atoms with E-state index in [0.29, 0.717) is 32.0 Å². The Balaban J connectivity index is 2.06. The Morgan fingerprint density at radius 1 is 1.16 bits per heavy atom. The van der Waals surface area contributed by atoms with Crippen LogP contribution in [0.1, 0.15) is 19.8 Å². The van der Waals surface area contributed by atoms with E-state index in [9.17, 15) is 14.7 Å². The summed E-state index contributed by atoms with van der Waals surface area (Å²) in [7, 11) is 2.05. The third-order valence-corrected chi connectivity index (χ3v) is 4.34. The Morgan fingerprint density at radius 2 is 1.79 bits per heavy atom. The minimum Gasteiger partial charge on any atom is -0.481 e. The molecule has 1 heterocycles. The van der Waals surface area contributed by atoms with E-state index in [4.69, 9.17) is 0 Å². The summed E-state index contributed by atoms with van der Waals surface area (Å²) in [5.74, 6) is -1.80. The average molecular weight is 266 g/mol. The number of hydrogen-bond acceptors (Lipinski definition) is 3. The fraction of sp³-hybridized carbons (Fsp3) is 0.714. The van der Waals surface area contributed by atoms with Gasteiger partial charge >= 0.3 is 5.97 Å². The minimum atomic E-state index is -0.857. The normalized spacial score (nSPS) is 32.3. The number of hydrogen-bond donors (Lipinski definition) is 1. The van der Waals surface area contributed by atoms with Gasteiger partial charge in [-0.25, -0.2) is 0 Å². The van der Waals surface area contributed by atoms with Gasteiger partial charge in [0.15, 0.2) is 0 Å². The maximum atomic E-state index is 12.5. The van der Waals surface area contributed by atoms with E-state index in [2.05, 4.69) is 18.9 Å². The van der Waals surface area contributed by atoms with Gasteiger partial charge in [-0.2, -0.15) is 0 Å². The monoisotopic (exact) mass is 266 g/mol. The van der Waals surface area contributed by atoms with Gasteiger partial charge < -0.3 is 14.9 Å². The van der Waals surface area contributed by atoms with E-state index in [-0.39, 0.29) is 5.91 Å². The van der Waals surface area contributed by atoms with Crippen molar-refractivity contribution in [1.82, 2.24) is 9.80 Å². The molecule has 2 rings (SSSR count). The van der Waals surface area contributed by atoms with Gasteiger partial charge in [0.25, 0.3) is 0 Å². The first-order valence-electron chi connectivity index (χ1n) is 6.87. The molecule has 2 aliphatic rings. The van der Waals surface area contributed by atoms with Crippen molar-refractivity contribution in [3.05, 3.63) is 12.2 Å². The summed E-state index contributed by atoms with van der Waals surface area (Å²) in [5, 5.41) is 9.24. The van der Waals surface area contributed by atoms with Crippen molar-refractivity contribution < 1.29 is 14.7 Å². The highest BCUT2D eigenvalue weighted by atomic mass is 16.4. The topological polar surface area (TPSA) is 60.9 Å². The summed E-state index contributed by atoms with van der Waals surface area (Å²) >= 11 is 0. The molecule has 106 valence electrons. The molecule has 5 nitrogen and oxygen atoms in total. The highest BCUT2D eigenvalue weighted by Crippen LogP contribution is 2.28. The number of carboxylic acids is 1. The minimum absolute atomic E-state index is 0.0108. The first-order chi connectivity index (χ1) is 9.00. The lowest BCUT2D eigenvalue weighted by Gasteiger charge is -2.40. The second kappa shape index (κ2) is 5.74. The zero-order valence-electron chi connectivity index (χ0n) is 11.6. The predicted molar refractivity (Wildman–Crippen MR) is 71.7 cm³/mol. The van der Waals surface area contributed by atoms with Gasteiger partial charge in [-0.3, -0.25) is 9.59 Å². The molecule has 1 saturated heterocycles. The molecule has 1 aliphatic heterocycles. The van der Waals surface area contributed by atoms with Gasteiger partial charge in [0.1, 0.15) is 0 Å². The Hall–Kier alpha value is -1.36. The summed E-state index contributed by atoms with van der Waals surface area (Å²) < 4.78 is 0. The maximum absolute atomic E-state index is 12.5. The molecule has 5 heteroatoms. The maximum Gasteiger partial charge on any atom is 0.307 e. The molecule has 0 saturated carbocycles. The lowest BCUT2D eigenvalue weighted by molar-refractivity contribution is -0.151. The number of amides is 1. The molecule has 0 bridgehead atoms. The van der Waals surface area contributed by atoms with Crippen LogP contribution in [0.4, 0.5) is 0 Å². The van der Waals surface area contributed by atoms with Crippen molar-refractivity contribution in [3.8, 4) is 0 Å². The summed E-state index contributed by atoms with van der Waals surface area (Å²) in [6.45, 7) is 4.34. The number of likely N-dealkylation sites (N-methyl/N-ethyl adjacent to an activating group) is 1. The van der Waals surface area contributed by atoms with Crippen LogP contribution >= 0.6 is 0 Å². The smallest absolute Gasteiger partial charge is 0.307 e. The number of carbonyl (C=O) groups is 2. The number of allylic oxidation sites excluding steroid dienone is 2. The van der Waals surface area contributed by atoms with Gasteiger partial charge in [0.2, 0.25) is 5.91 Å². The van der Waals surface area contributed by atoms with E-state index in [1.165, 1.54) is 0 Å². The molecule has 0 radical (unpaired) electrons. The SMILES string of the molecule is CC1CN(C(=O)C2CC=CCC2C(=O)O)CCN1C. The fourth-order valence-electron chi connectivity index (χ4n) is 2.84. The van der Waals surface area contributed by atoms with E-state index < -0.39 is 17.8 Å². The van der Waals surface area contributed by atoms with Gasteiger partial charge in [0.05, 0.1) is 11.8 Å². The quantitative estimate of drug-likeness (QED) is 0.752. The zero-order chi connectivity index (χ0) is 14.0. The van der Waals surface area contributed by atoms with Crippen LogP contribution in [0.15, 0.2) is 12.2 Å². The van der Waals surface area contributed by atoms with Crippen LogP contribution in [0.25, 0.3) is 0 Å². The van der Waals surface area contributed by atoms with Crippen molar-refractivity contribution in [1.29, 1.82) is 0 Å². The van der Waals surface area contributed by atoms with Crippen molar-refractivity contribution in [2.75, 3.05) is 26.7 Å². The molecule has 3 unspecified atom stereocenters. The van der Waals surface area contributed by atoms with E-state index in [1.54, 1.807) is 0 Å². The Labute approximate surface area is 113 Å². The van der Waals surface area contributed by atoms with E-state index in [1.807, 2.05) is 17.1 Å². The number of piperazine rings is 1. The second-order valence-electron chi connectivity index (χ2n) is 5.61. The summed E-state index contributed by atoms with van der Waals surface area (Å²) in [6, 6.07) is 0.333. The molecule has 3 atom stereocenters. The highest BCUT2D eigenvalue weighted by Gasteiger charge is 2.37. The molecule has 0 spiro atoms. The Morgan fingerprint density at radius 3 is 2.37 bits per heavy atom. The molecule has 1 N–H and O–H groups in total. The molecule has 19 heavy (non-hydrogen) atoms. The van der Waals surface area contributed by atoms with Gasteiger partial charge in [0, 0.05) is 25.7 Å². The van der Waals surface area contributed by atoms with Gasteiger partial charge in [-0.15, -0.1) is 0 Å². The van der Waals surface area contributed by atoms with Crippen LogP contribution in [-0.4, -0.2) is 59.5 Å². The lowest BCUT2D eigenvalue weighted by atomic mass is 9.82. The zero-order valence-corrected chi connectivity index (χ0v) is 11.6. The van der Waals surface area contributed by atoms with Crippen LogP contribution < -0.4 is 0 Å². The number of rotatable bonds is 2. The van der Waals surface area contributed by atoms with Crippen LogP contribution in [0.5, 0.6) is 0 Å². The van der Waals surface area contributed by atoms with Crippen molar-refractivity contribution in [2.45, 2.75) is 25.8 Å². The van der Waals surface area contributed by atoms with Crippen LogP contribution in [0.2, 0.25) is 0 Å². The first kappa shape index (κ1) is 14.1. The fourth-order valence-corrected chi connectivity index (χ4v) is 2.84.